The summed E-state index contributed by atoms with van der Waals surface area (Å²) in [5.74, 6) is -0.501. The molecule has 30 heavy (non-hydrogen) atoms. The van der Waals surface area contributed by atoms with Gasteiger partial charge in [0.05, 0.1) is 10.6 Å². The van der Waals surface area contributed by atoms with E-state index in [2.05, 4.69) is 66.8 Å². The second kappa shape index (κ2) is 7.95. The average molecular weight is 420 g/mol. The van der Waals surface area contributed by atoms with Crippen LogP contribution in [0.4, 0.5) is 10.1 Å². The third kappa shape index (κ3) is 3.83. The van der Waals surface area contributed by atoms with Gasteiger partial charge in [-0.2, -0.15) is 0 Å². The molecule has 1 aliphatic heterocycles. The van der Waals surface area contributed by atoms with Crippen LogP contribution in [-0.4, -0.2) is 15.6 Å². The molecule has 0 atom stereocenters. The van der Waals surface area contributed by atoms with Gasteiger partial charge >= 0.3 is 0 Å². The Kier molecular flexibility index (Phi) is 5.35. The number of carbonyl (C=O) groups excluding carboxylic acids is 1. The number of hydrogen-bond acceptors (Lipinski definition) is 3. The van der Waals surface area contributed by atoms with Crippen molar-refractivity contribution in [2.75, 3.05) is 0 Å². The molecule has 6 heteroatoms. The fourth-order valence-corrected chi connectivity index (χ4v) is 4.37. The number of aryl methyl sites for hydroxylation is 2. The van der Waals surface area contributed by atoms with Crippen molar-refractivity contribution in [2.24, 2.45) is 4.99 Å². The van der Waals surface area contributed by atoms with Gasteiger partial charge < -0.3 is 9.88 Å². The van der Waals surface area contributed by atoms with Gasteiger partial charge in [-0.3, -0.25) is 4.79 Å². The van der Waals surface area contributed by atoms with Gasteiger partial charge in [-0.1, -0.05) is 12.1 Å². The minimum atomic E-state index is -0.318. The minimum Gasteiger partial charge on any atom is -0.318 e. The maximum Gasteiger partial charge on any atom is 0.264 e. The summed E-state index contributed by atoms with van der Waals surface area (Å²) in [7, 11) is 0. The molecule has 2 heterocycles. The lowest BCUT2D eigenvalue weighted by atomic mass is 10.1. The Bertz CT molecular complexity index is 1210. The molecule has 1 amide bonds. The predicted molar refractivity (Wildman–Crippen MR) is 122 cm³/mol. The summed E-state index contributed by atoms with van der Waals surface area (Å²) >= 11 is 1.29. The van der Waals surface area contributed by atoms with Crippen molar-refractivity contribution >= 4 is 34.6 Å². The highest BCUT2D eigenvalue weighted by atomic mass is 32.2. The van der Waals surface area contributed by atoms with Gasteiger partial charge in [-0.25, -0.2) is 9.38 Å². The maximum atomic E-state index is 13.1. The molecule has 0 unspecified atom stereocenters. The van der Waals surface area contributed by atoms with Gasteiger partial charge in [0.2, 0.25) is 0 Å². The van der Waals surface area contributed by atoms with E-state index in [-0.39, 0.29) is 11.7 Å². The van der Waals surface area contributed by atoms with Crippen molar-refractivity contribution in [1.82, 2.24) is 9.88 Å². The quantitative estimate of drug-likeness (QED) is 0.550. The lowest BCUT2D eigenvalue weighted by molar-refractivity contribution is -0.115. The third-order valence-corrected chi connectivity index (χ3v) is 6.19. The molecule has 2 aromatic carbocycles. The number of rotatable bonds is 3. The molecule has 0 saturated carbocycles. The largest absolute Gasteiger partial charge is 0.318 e. The lowest BCUT2D eigenvalue weighted by Crippen LogP contribution is -2.19. The first kappa shape index (κ1) is 20.2. The zero-order valence-corrected chi connectivity index (χ0v) is 18.1. The van der Waals surface area contributed by atoms with Crippen LogP contribution in [0.2, 0.25) is 0 Å². The Morgan fingerprint density at radius 1 is 1.07 bits per heavy atom. The number of aromatic nitrogens is 1. The normalized spacial score (nSPS) is 16.5. The molecule has 4 nitrogen and oxygen atoms in total. The Labute approximate surface area is 179 Å². The summed E-state index contributed by atoms with van der Waals surface area (Å²) in [6.07, 6.45) is 1.90. The molecular weight excluding hydrogens is 397 g/mol. The second-order valence-corrected chi connectivity index (χ2v) is 8.37. The van der Waals surface area contributed by atoms with E-state index in [4.69, 9.17) is 0 Å². The van der Waals surface area contributed by atoms with Crippen LogP contribution < -0.4 is 5.32 Å². The summed E-state index contributed by atoms with van der Waals surface area (Å²) in [6, 6.07) is 14.2. The fourth-order valence-electron chi connectivity index (χ4n) is 3.54. The van der Waals surface area contributed by atoms with Crippen LogP contribution in [0.1, 0.15) is 28.1 Å². The summed E-state index contributed by atoms with van der Waals surface area (Å²) in [6.45, 7) is 8.36. The smallest absolute Gasteiger partial charge is 0.264 e. The number of thioether (sulfide) groups is 1. The van der Waals surface area contributed by atoms with E-state index >= 15 is 0 Å². The minimum absolute atomic E-state index is 0.183. The zero-order chi connectivity index (χ0) is 21.4. The van der Waals surface area contributed by atoms with Crippen molar-refractivity contribution in [3.05, 3.63) is 87.3 Å². The van der Waals surface area contributed by atoms with Gasteiger partial charge in [0.15, 0.2) is 5.17 Å². The highest BCUT2D eigenvalue weighted by molar-refractivity contribution is 8.18. The van der Waals surface area contributed by atoms with Crippen LogP contribution in [0.25, 0.3) is 11.8 Å². The van der Waals surface area contributed by atoms with Crippen molar-refractivity contribution in [2.45, 2.75) is 27.7 Å². The molecule has 1 aromatic heterocycles. The van der Waals surface area contributed by atoms with Crippen molar-refractivity contribution < 1.29 is 9.18 Å². The summed E-state index contributed by atoms with van der Waals surface area (Å²) in [5, 5.41) is 3.27. The molecule has 1 saturated heterocycles. The molecule has 4 rings (SSSR count). The van der Waals surface area contributed by atoms with Gasteiger partial charge in [0.25, 0.3) is 5.91 Å². The van der Waals surface area contributed by atoms with E-state index in [1.165, 1.54) is 35.0 Å². The van der Waals surface area contributed by atoms with Crippen LogP contribution >= 0.6 is 11.8 Å². The Morgan fingerprint density at radius 3 is 2.53 bits per heavy atom. The molecule has 0 bridgehead atoms. The van der Waals surface area contributed by atoms with E-state index in [0.717, 1.165) is 22.6 Å². The van der Waals surface area contributed by atoms with Crippen LogP contribution in [0.5, 0.6) is 0 Å². The van der Waals surface area contributed by atoms with E-state index in [9.17, 15) is 9.18 Å². The number of benzene rings is 2. The molecule has 1 fully saturated rings. The van der Waals surface area contributed by atoms with Crippen LogP contribution in [0.15, 0.2) is 58.4 Å². The van der Waals surface area contributed by atoms with Gasteiger partial charge in [-0.05, 0) is 98.6 Å². The number of amidine groups is 1. The molecule has 1 N–H and O–H groups in total. The summed E-state index contributed by atoms with van der Waals surface area (Å²) in [5.41, 5.74) is 7.40. The van der Waals surface area contributed by atoms with E-state index < -0.39 is 0 Å². The molecule has 3 aromatic rings. The number of nitrogens with one attached hydrogen (secondary N) is 1. The van der Waals surface area contributed by atoms with E-state index in [1.54, 1.807) is 12.1 Å². The van der Waals surface area contributed by atoms with E-state index in [1.807, 2.05) is 6.08 Å². The Balaban J connectivity index is 1.66. The number of carbonyl (C=O) groups is 1. The van der Waals surface area contributed by atoms with Crippen LogP contribution in [0, 0.1) is 33.5 Å². The number of aliphatic imine (C=N–C) groups is 1. The molecule has 0 radical (unpaired) electrons. The number of hydrogen-bond donors (Lipinski definition) is 1. The van der Waals surface area contributed by atoms with Crippen molar-refractivity contribution in [3.63, 3.8) is 0 Å². The Morgan fingerprint density at radius 2 is 1.80 bits per heavy atom. The van der Waals surface area contributed by atoms with Gasteiger partial charge in [0, 0.05) is 17.1 Å². The fraction of sp³-hybridized carbons (Fsp3) is 0.167. The number of nitrogens with zero attached hydrogens (tertiary/aromatic N) is 2. The highest BCUT2D eigenvalue weighted by Gasteiger charge is 2.24. The molecule has 0 spiro atoms. The Hall–Kier alpha value is -3.12. The first-order valence-electron chi connectivity index (χ1n) is 9.64. The molecule has 1 aliphatic rings. The predicted octanol–water partition coefficient (Wildman–Crippen LogP) is 5.74. The highest BCUT2D eigenvalue weighted by Crippen LogP contribution is 2.31. The topological polar surface area (TPSA) is 46.4 Å². The van der Waals surface area contributed by atoms with Gasteiger partial charge in [-0.15, -0.1) is 0 Å². The first-order chi connectivity index (χ1) is 14.3. The van der Waals surface area contributed by atoms with Crippen LogP contribution in [-0.2, 0) is 4.79 Å². The second-order valence-electron chi connectivity index (χ2n) is 7.34. The lowest BCUT2D eigenvalue weighted by Gasteiger charge is -2.14. The zero-order valence-electron chi connectivity index (χ0n) is 17.3. The van der Waals surface area contributed by atoms with Crippen molar-refractivity contribution in [3.8, 4) is 5.69 Å². The molecular formula is C24H22FN3OS. The van der Waals surface area contributed by atoms with Gasteiger partial charge in [0.1, 0.15) is 5.82 Å². The molecule has 0 aliphatic carbocycles. The summed E-state index contributed by atoms with van der Waals surface area (Å²) < 4.78 is 15.3. The standard InChI is InChI=1S/C24H22FN3OS/c1-14-6-5-7-21(16(14)3)28-15(2)12-18(17(28)4)13-22-23(29)27-24(30-22)26-20-10-8-19(25)9-11-20/h5-13H,1-4H3,(H,26,27,29)/b22-13+. The van der Waals surface area contributed by atoms with E-state index in [0.29, 0.717) is 15.8 Å². The monoisotopic (exact) mass is 419 g/mol. The number of amides is 1. The first-order valence-corrected chi connectivity index (χ1v) is 10.5. The third-order valence-electron chi connectivity index (χ3n) is 5.28. The summed E-state index contributed by atoms with van der Waals surface area (Å²) in [4.78, 5) is 17.4. The number of halogens is 1. The average Bonchev–Trinajstić information content (AvgIpc) is 3.18. The SMILES string of the molecule is Cc1cccc(-n2c(C)cc(/C=C3/SC(=Nc4ccc(F)cc4)NC3=O)c2C)c1C. The molecule has 152 valence electrons. The van der Waals surface area contributed by atoms with Crippen molar-refractivity contribution in [1.29, 1.82) is 0 Å². The van der Waals surface area contributed by atoms with Crippen LogP contribution in [0.3, 0.4) is 0 Å². The maximum absolute atomic E-state index is 13.1.